The van der Waals surface area contributed by atoms with E-state index in [1.54, 1.807) is 4.68 Å². The Kier molecular flexibility index (Phi) is 3.76. The van der Waals surface area contributed by atoms with Crippen LogP contribution in [0.5, 0.6) is 0 Å². The number of likely N-dealkylation sites (tertiary alicyclic amines) is 1. The molecule has 0 aromatic carbocycles. The molecule has 1 amide bonds. The average molecular weight is 315 g/mol. The van der Waals surface area contributed by atoms with Crippen LogP contribution in [0.25, 0.3) is 0 Å². The molecule has 5 nitrogen and oxygen atoms in total. The fourth-order valence-electron chi connectivity index (χ4n) is 3.88. The minimum Gasteiger partial charge on any atom is -0.396 e. The van der Waals surface area contributed by atoms with Gasteiger partial charge < -0.3 is 10.0 Å². The summed E-state index contributed by atoms with van der Waals surface area (Å²) in [6.45, 7) is 1.45. The molecule has 2 saturated carbocycles. The Hall–Kier alpha value is -1.62. The number of allylic oxidation sites excluding steroid dienone is 1. The van der Waals surface area contributed by atoms with Crippen LogP contribution >= 0.6 is 0 Å². The molecule has 1 aromatic heterocycles. The quantitative estimate of drug-likeness (QED) is 0.842. The van der Waals surface area contributed by atoms with Crippen LogP contribution in [0.4, 0.5) is 0 Å². The van der Waals surface area contributed by atoms with Gasteiger partial charge in [-0.2, -0.15) is 5.10 Å². The molecule has 0 radical (unpaired) electrons. The first-order valence-corrected chi connectivity index (χ1v) is 8.75. The minimum atomic E-state index is 0.113. The van der Waals surface area contributed by atoms with E-state index < -0.39 is 0 Å². The Morgan fingerprint density at radius 3 is 2.52 bits per heavy atom. The zero-order valence-electron chi connectivity index (χ0n) is 13.7. The standard InChI is InChI=1S/C18H25N3O2/c1-20-8-14(7-19-20)17-10-21(9-15(17)11-22)18(23)6-16(12-2-3-12)13-4-5-13/h6-8,12-13,15,17,22H,2-5,9-11H2,1H3/t15-,17-/m0/s1. The third-order valence-corrected chi connectivity index (χ3v) is 5.53. The number of aromatic nitrogens is 2. The van der Waals surface area contributed by atoms with Gasteiger partial charge >= 0.3 is 0 Å². The van der Waals surface area contributed by atoms with Crippen LogP contribution in [0, 0.1) is 17.8 Å². The van der Waals surface area contributed by atoms with Crippen molar-refractivity contribution < 1.29 is 9.90 Å². The Morgan fingerprint density at radius 2 is 2.00 bits per heavy atom. The minimum absolute atomic E-state index is 0.113. The number of hydrogen-bond acceptors (Lipinski definition) is 3. The van der Waals surface area contributed by atoms with E-state index in [9.17, 15) is 9.90 Å². The highest BCUT2D eigenvalue weighted by molar-refractivity contribution is 5.89. The fourth-order valence-corrected chi connectivity index (χ4v) is 3.88. The molecule has 2 aliphatic carbocycles. The van der Waals surface area contributed by atoms with E-state index in [0.29, 0.717) is 24.9 Å². The maximum absolute atomic E-state index is 12.7. The van der Waals surface area contributed by atoms with Crippen molar-refractivity contribution in [3.63, 3.8) is 0 Å². The summed E-state index contributed by atoms with van der Waals surface area (Å²) in [5.74, 6) is 1.80. The number of aryl methyl sites for hydroxylation is 1. The number of carbonyl (C=O) groups is 1. The molecule has 0 bridgehead atoms. The largest absolute Gasteiger partial charge is 0.396 e. The van der Waals surface area contributed by atoms with Gasteiger partial charge in [0.1, 0.15) is 0 Å². The van der Waals surface area contributed by atoms with E-state index in [2.05, 4.69) is 5.10 Å². The van der Waals surface area contributed by atoms with Crippen molar-refractivity contribution in [3.05, 3.63) is 29.6 Å². The van der Waals surface area contributed by atoms with Crippen molar-refractivity contribution in [1.29, 1.82) is 0 Å². The lowest BCUT2D eigenvalue weighted by molar-refractivity contribution is -0.125. The molecule has 2 heterocycles. The van der Waals surface area contributed by atoms with Crippen LogP contribution in [0.1, 0.15) is 37.2 Å². The zero-order valence-corrected chi connectivity index (χ0v) is 13.7. The predicted molar refractivity (Wildman–Crippen MR) is 86.6 cm³/mol. The molecule has 1 saturated heterocycles. The summed E-state index contributed by atoms with van der Waals surface area (Å²) in [6, 6.07) is 0. The third-order valence-electron chi connectivity index (χ3n) is 5.53. The van der Waals surface area contributed by atoms with Gasteiger partial charge in [0.15, 0.2) is 0 Å². The van der Waals surface area contributed by atoms with Crippen molar-refractivity contribution in [2.45, 2.75) is 31.6 Å². The lowest BCUT2D eigenvalue weighted by Gasteiger charge is -2.15. The summed E-state index contributed by atoms with van der Waals surface area (Å²) in [7, 11) is 1.90. The molecule has 4 rings (SSSR count). The monoisotopic (exact) mass is 315 g/mol. The molecule has 3 fully saturated rings. The number of rotatable bonds is 5. The van der Waals surface area contributed by atoms with Gasteiger partial charge in [-0.25, -0.2) is 0 Å². The summed E-state index contributed by atoms with van der Waals surface area (Å²) in [6.07, 6.45) is 10.8. The Balaban J connectivity index is 1.49. The highest BCUT2D eigenvalue weighted by Gasteiger charge is 2.39. The molecule has 1 N–H and O–H groups in total. The molecule has 0 spiro atoms. The van der Waals surface area contributed by atoms with Crippen LogP contribution in [0.15, 0.2) is 24.0 Å². The van der Waals surface area contributed by atoms with E-state index in [-0.39, 0.29) is 24.3 Å². The van der Waals surface area contributed by atoms with Gasteiger partial charge in [0.2, 0.25) is 5.91 Å². The molecular formula is C18H25N3O2. The zero-order chi connectivity index (χ0) is 16.0. The fraction of sp³-hybridized carbons (Fsp3) is 0.667. The molecule has 5 heteroatoms. The summed E-state index contributed by atoms with van der Waals surface area (Å²) in [5, 5.41) is 13.9. The van der Waals surface area contributed by atoms with E-state index >= 15 is 0 Å². The van der Waals surface area contributed by atoms with Crippen molar-refractivity contribution in [2.24, 2.45) is 24.8 Å². The second kappa shape index (κ2) is 5.78. The second-order valence-electron chi connectivity index (χ2n) is 7.43. The number of aliphatic hydroxyl groups is 1. The van der Waals surface area contributed by atoms with Gasteiger partial charge in [-0.15, -0.1) is 0 Å². The molecule has 1 aliphatic heterocycles. The van der Waals surface area contributed by atoms with Crippen molar-refractivity contribution in [3.8, 4) is 0 Å². The van der Waals surface area contributed by atoms with E-state index in [1.807, 2.05) is 30.4 Å². The Morgan fingerprint density at radius 1 is 1.30 bits per heavy atom. The lowest BCUT2D eigenvalue weighted by Crippen LogP contribution is -2.28. The summed E-state index contributed by atoms with van der Waals surface area (Å²) < 4.78 is 1.78. The van der Waals surface area contributed by atoms with E-state index in [0.717, 1.165) is 5.56 Å². The first kappa shape index (κ1) is 14.9. The highest BCUT2D eigenvalue weighted by atomic mass is 16.3. The maximum Gasteiger partial charge on any atom is 0.246 e. The molecule has 2 atom stereocenters. The van der Waals surface area contributed by atoms with E-state index in [1.165, 1.54) is 31.3 Å². The topological polar surface area (TPSA) is 58.4 Å². The molecule has 3 aliphatic rings. The SMILES string of the molecule is Cn1cc([C@@H]2CN(C(=O)C=C(C3CC3)C3CC3)C[C@H]2CO)cn1. The van der Waals surface area contributed by atoms with Crippen LogP contribution < -0.4 is 0 Å². The van der Waals surface area contributed by atoms with Crippen LogP contribution in [0.2, 0.25) is 0 Å². The molecular weight excluding hydrogens is 290 g/mol. The Bertz CT molecular complexity index is 614. The lowest BCUT2D eigenvalue weighted by atomic mass is 9.92. The molecule has 124 valence electrons. The van der Waals surface area contributed by atoms with Gasteiger partial charge in [-0.1, -0.05) is 5.57 Å². The number of amides is 1. The van der Waals surface area contributed by atoms with Gasteiger partial charge in [0.05, 0.1) is 6.20 Å². The average Bonchev–Trinajstić information content (AvgIpc) is 3.46. The van der Waals surface area contributed by atoms with Crippen molar-refractivity contribution in [1.82, 2.24) is 14.7 Å². The van der Waals surface area contributed by atoms with Crippen LogP contribution in [0.3, 0.4) is 0 Å². The first-order valence-electron chi connectivity index (χ1n) is 8.75. The molecule has 0 unspecified atom stereocenters. The number of nitrogens with zero attached hydrogens (tertiary/aromatic N) is 3. The molecule has 1 aromatic rings. The highest BCUT2D eigenvalue weighted by Crippen LogP contribution is 2.48. The van der Waals surface area contributed by atoms with Gasteiger partial charge in [0.25, 0.3) is 0 Å². The third kappa shape index (κ3) is 3.07. The maximum atomic E-state index is 12.7. The van der Waals surface area contributed by atoms with Crippen LogP contribution in [-0.4, -0.2) is 45.4 Å². The smallest absolute Gasteiger partial charge is 0.246 e. The number of hydrogen-bond donors (Lipinski definition) is 1. The number of carbonyl (C=O) groups excluding carboxylic acids is 1. The van der Waals surface area contributed by atoms with Gasteiger partial charge in [-0.3, -0.25) is 9.48 Å². The summed E-state index contributed by atoms with van der Waals surface area (Å²) in [5.41, 5.74) is 2.52. The summed E-state index contributed by atoms with van der Waals surface area (Å²) in [4.78, 5) is 14.6. The van der Waals surface area contributed by atoms with Crippen molar-refractivity contribution >= 4 is 5.91 Å². The van der Waals surface area contributed by atoms with E-state index in [4.69, 9.17) is 0 Å². The molecule has 23 heavy (non-hydrogen) atoms. The van der Waals surface area contributed by atoms with Crippen molar-refractivity contribution in [2.75, 3.05) is 19.7 Å². The normalized spacial score (nSPS) is 27.3. The second-order valence-corrected chi connectivity index (χ2v) is 7.43. The first-order chi connectivity index (χ1) is 11.2. The van der Waals surface area contributed by atoms with Crippen LogP contribution in [-0.2, 0) is 11.8 Å². The number of aliphatic hydroxyl groups excluding tert-OH is 1. The predicted octanol–water partition coefficient (Wildman–Crippen LogP) is 1.70. The summed E-state index contributed by atoms with van der Waals surface area (Å²) >= 11 is 0. The Labute approximate surface area is 137 Å². The van der Waals surface area contributed by atoms with Gasteiger partial charge in [0, 0.05) is 50.9 Å². The van der Waals surface area contributed by atoms with Gasteiger partial charge in [-0.05, 0) is 43.1 Å².